The van der Waals surface area contributed by atoms with Gasteiger partial charge in [-0.25, -0.2) is 0 Å². The first-order valence-electron chi connectivity index (χ1n) is 6.18. The maximum atomic E-state index is 11.8. The average molecular weight is 255 g/mol. The van der Waals surface area contributed by atoms with Crippen LogP contribution in [0.2, 0.25) is 0 Å². The monoisotopic (exact) mass is 255 g/mol. The number of alkyl halides is 3. The van der Waals surface area contributed by atoms with Gasteiger partial charge in [0.2, 0.25) is 0 Å². The summed E-state index contributed by atoms with van der Waals surface area (Å²) in [6, 6.07) is 0. The molecule has 0 bridgehead atoms. The van der Waals surface area contributed by atoms with Gasteiger partial charge in [0, 0.05) is 13.2 Å². The molecule has 0 rings (SSSR count). The van der Waals surface area contributed by atoms with Crippen molar-refractivity contribution in [1.29, 1.82) is 0 Å². The second-order valence-corrected chi connectivity index (χ2v) is 4.72. The van der Waals surface area contributed by atoms with E-state index in [1.54, 1.807) is 0 Å². The first-order chi connectivity index (χ1) is 7.83. The van der Waals surface area contributed by atoms with E-state index >= 15 is 0 Å². The summed E-state index contributed by atoms with van der Waals surface area (Å²) in [5.41, 5.74) is 0.150. The third-order valence-electron chi connectivity index (χ3n) is 2.99. The average Bonchev–Trinajstić information content (AvgIpc) is 2.24. The molecule has 0 spiro atoms. The van der Waals surface area contributed by atoms with Crippen molar-refractivity contribution >= 4 is 0 Å². The number of halogens is 3. The van der Waals surface area contributed by atoms with Crippen LogP contribution < -0.4 is 5.32 Å². The van der Waals surface area contributed by atoms with E-state index in [0.29, 0.717) is 6.42 Å². The highest BCUT2D eigenvalue weighted by Gasteiger charge is 2.27. The first-order valence-corrected chi connectivity index (χ1v) is 6.18. The highest BCUT2D eigenvalue weighted by Crippen LogP contribution is 2.26. The molecule has 0 fully saturated rings. The summed E-state index contributed by atoms with van der Waals surface area (Å²) < 4.78 is 40.0. The van der Waals surface area contributed by atoms with E-state index < -0.39 is 12.8 Å². The van der Waals surface area contributed by atoms with Gasteiger partial charge < -0.3 is 10.1 Å². The summed E-state index contributed by atoms with van der Waals surface area (Å²) in [5.74, 6) is 0. The minimum Gasteiger partial charge on any atom is -0.372 e. The van der Waals surface area contributed by atoms with E-state index in [9.17, 15) is 13.2 Å². The lowest BCUT2D eigenvalue weighted by Crippen LogP contribution is -2.31. The van der Waals surface area contributed by atoms with Crippen LogP contribution in [0.3, 0.4) is 0 Å². The Morgan fingerprint density at radius 2 is 1.82 bits per heavy atom. The predicted molar refractivity (Wildman–Crippen MR) is 63.0 cm³/mol. The molecular weight excluding hydrogens is 231 g/mol. The number of nitrogens with one attached hydrogen (secondary N) is 1. The largest absolute Gasteiger partial charge is 0.411 e. The van der Waals surface area contributed by atoms with Gasteiger partial charge in [-0.3, -0.25) is 0 Å². The van der Waals surface area contributed by atoms with Crippen molar-refractivity contribution in [3.63, 3.8) is 0 Å². The lowest BCUT2D eigenvalue weighted by atomic mass is 9.83. The Balaban J connectivity index is 3.69. The molecular formula is C12H24F3NO. The Labute approximate surface area is 102 Å². The van der Waals surface area contributed by atoms with Gasteiger partial charge in [0.05, 0.1) is 0 Å². The fraction of sp³-hybridized carbons (Fsp3) is 1.00. The number of hydrogen-bond acceptors (Lipinski definition) is 2. The number of rotatable bonds is 9. The summed E-state index contributed by atoms with van der Waals surface area (Å²) in [4.78, 5) is 0. The van der Waals surface area contributed by atoms with Gasteiger partial charge in [-0.1, -0.05) is 20.8 Å². The molecule has 0 aliphatic carbocycles. The maximum absolute atomic E-state index is 11.8. The van der Waals surface area contributed by atoms with Crippen LogP contribution in [0.25, 0.3) is 0 Å². The molecule has 0 amide bonds. The molecule has 17 heavy (non-hydrogen) atoms. The molecule has 1 atom stereocenters. The molecule has 0 heterocycles. The summed E-state index contributed by atoms with van der Waals surface area (Å²) >= 11 is 0. The van der Waals surface area contributed by atoms with Gasteiger partial charge in [0.25, 0.3) is 0 Å². The molecule has 0 radical (unpaired) electrons. The van der Waals surface area contributed by atoms with E-state index in [2.05, 4.69) is 23.9 Å². The van der Waals surface area contributed by atoms with Crippen molar-refractivity contribution in [3.8, 4) is 0 Å². The Hall–Kier alpha value is -0.290. The highest BCUT2D eigenvalue weighted by atomic mass is 19.4. The smallest absolute Gasteiger partial charge is 0.372 e. The van der Waals surface area contributed by atoms with Crippen LogP contribution in [0.1, 0.15) is 40.0 Å². The van der Waals surface area contributed by atoms with E-state index in [1.807, 2.05) is 6.92 Å². The van der Waals surface area contributed by atoms with Gasteiger partial charge in [-0.05, 0) is 31.2 Å². The summed E-state index contributed by atoms with van der Waals surface area (Å²) in [7, 11) is 0. The molecule has 0 saturated heterocycles. The summed E-state index contributed by atoms with van der Waals surface area (Å²) in [5, 5.41) is 3.28. The molecule has 0 aromatic rings. The zero-order chi connectivity index (χ0) is 13.4. The minimum atomic E-state index is -4.21. The van der Waals surface area contributed by atoms with E-state index in [1.165, 1.54) is 0 Å². The predicted octanol–water partition coefficient (Wildman–Crippen LogP) is 3.37. The Kier molecular flexibility index (Phi) is 7.79. The van der Waals surface area contributed by atoms with Crippen LogP contribution in [-0.4, -0.2) is 32.5 Å². The maximum Gasteiger partial charge on any atom is 0.411 e. The molecule has 104 valence electrons. The minimum absolute atomic E-state index is 0.150. The summed E-state index contributed by atoms with van der Waals surface area (Å²) in [6.07, 6.45) is -1.64. The second-order valence-electron chi connectivity index (χ2n) is 4.72. The van der Waals surface area contributed by atoms with E-state index in [4.69, 9.17) is 0 Å². The fourth-order valence-electron chi connectivity index (χ4n) is 1.61. The first kappa shape index (κ1) is 16.7. The van der Waals surface area contributed by atoms with Crippen LogP contribution >= 0.6 is 0 Å². The molecule has 0 aliphatic heterocycles. The second kappa shape index (κ2) is 7.93. The molecule has 0 aromatic carbocycles. The van der Waals surface area contributed by atoms with Gasteiger partial charge in [0.1, 0.15) is 6.61 Å². The highest BCUT2D eigenvalue weighted by molar-refractivity contribution is 4.75. The van der Waals surface area contributed by atoms with Crippen molar-refractivity contribution < 1.29 is 17.9 Å². The Morgan fingerprint density at radius 1 is 1.18 bits per heavy atom. The zero-order valence-electron chi connectivity index (χ0n) is 11.0. The molecule has 1 N–H and O–H groups in total. The SMILES string of the molecule is CCNCC(C)(CC)CCCOCC(F)(F)F. The molecule has 2 nitrogen and oxygen atoms in total. The van der Waals surface area contributed by atoms with Crippen LogP contribution in [0.4, 0.5) is 13.2 Å². The Bertz CT molecular complexity index is 197. The third kappa shape index (κ3) is 9.41. The quantitative estimate of drug-likeness (QED) is 0.638. The van der Waals surface area contributed by atoms with Crippen molar-refractivity contribution in [2.45, 2.75) is 46.2 Å². The van der Waals surface area contributed by atoms with Crippen molar-refractivity contribution in [1.82, 2.24) is 5.32 Å². The van der Waals surface area contributed by atoms with Crippen molar-refractivity contribution in [2.24, 2.45) is 5.41 Å². The van der Waals surface area contributed by atoms with Crippen molar-refractivity contribution in [3.05, 3.63) is 0 Å². The molecule has 5 heteroatoms. The lowest BCUT2D eigenvalue weighted by Gasteiger charge is -2.28. The fourth-order valence-corrected chi connectivity index (χ4v) is 1.61. The van der Waals surface area contributed by atoms with Gasteiger partial charge in [0.15, 0.2) is 0 Å². The van der Waals surface area contributed by atoms with Crippen LogP contribution in [-0.2, 0) is 4.74 Å². The normalized spacial score (nSPS) is 15.9. The number of hydrogen-bond donors (Lipinski definition) is 1. The van der Waals surface area contributed by atoms with Crippen LogP contribution in [0.15, 0.2) is 0 Å². The van der Waals surface area contributed by atoms with Crippen molar-refractivity contribution in [2.75, 3.05) is 26.3 Å². The van der Waals surface area contributed by atoms with E-state index in [-0.39, 0.29) is 12.0 Å². The Morgan fingerprint density at radius 3 is 2.29 bits per heavy atom. The zero-order valence-corrected chi connectivity index (χ0v) is 11.0. The lowest BCUT2D eigenvalue weighted by molar-refractivity contribution is -0.174. The van der Waals surface area contributed by atoms with Gasteiger partial charge >= 0.3 is 6.18 Å². The van der Waals surface area contributed by atoms with Gasteiger partial charge in [-0.2, -0.15) is 13.2 Å². The topological polar surface area (TPSA) is 21.3 Å². The number of ether oxygens (including phenoxy) is 1. The molecule has 0 aliphatic rings. The van der Waals surface area contributed by atoms with Crippen LogP contribution in [0.5, 0.6) is 0 Å². The standard InChI is InChI=1S/C12H24F3NO/c1-4-11(3,9-16-5-2)7-6-8-17-10-12(13,14)15/h16H,4-10H2,1-3H3. The molecule has 1 unspecified atom stereocenters. The third-order valence-corrected chi connectivity index (χ3v) is 2.99. The van der Waals surface area contributed by atoms with Crippen LogP contribution in [0, 0.1) is 5.41 Å². The molecule has 0 aromatic heterocycles. The summed E-state index contributed by atoms with van der Waals surface area (Å²) in [6.45, 7) is 7.17. The molecule has 0 saturated carbocycles. The van der Waals surface area contributed by atoms with E-state index in [0.717, 1.165) is 25.9 Å². The van der Waals surface area contributed by atoms with Gasteiger partial charge in [-0.15, -0.1) is 0 Å².